The number of nitrogen functional groups attached to an aromatic ring is 1. The average molecular weight is 507 g/mol. The summed E-state index contributed by atoms with van der Waals surface area (Å²) >= 11 is 0. The first-order valence-electron chi connectivity index (χ1n) is 10.2. The number of nitrogens with zero attached hydrogens (tertiary/aromatic N) is 1. The lowest BCUT2D eigenvalue weighted by molar-refractivity contribution is -0.131. The van der Waals surface area contributed by atoms with Gasteiger partial charge in [0.05, 0.1) is 18.4 Å². The predicted octanol–water partition coefficient (Wildman–Crippen LogP) is 3.66. The number of amides is 1. The molecule has 4 N–H and O–H groups in total. The fourth-order valence-corrected chi connectivity index (χ4v) is 3.20. The first-order chi connectivity index (χ1) is 16.3. The number of benzene rings is 2. The molecule has 2 aromatic carbocycles. The molecule has 1 atom stereocenters. The second kappa shape index (κ2) is 12.6. The van der Waals surface area contributed by atoms with Gasteiger partial charge in [-0.3, -0.25) is 15.2 Å². The van der Waals surface area contributed by atoms with Crippen molar-refractivity contribution in [2.75, 3.05) is 14.2 Å². The highest BCUT2D eigenvalue weighted by Gasteiger charge is 2.28. The molecule has 1 unspecified atom stereocenters. The molecule has 35 heavy (non-hydrogen) atoms. The van der Waals surface area contributed by atoms with Crippen molar-refractivity contribution in [3.05, 3.63) is 88.7 Å². The number of hydrogen-bond donors (Lipinski definition) is 3. The van der Waals surface area contributed by atoms with Crippen LogP contribution in [0.25, 0.3) is 0 Å². The van der Waals surface area contributed by atoms with Gasteiger partial charge in [0.15, 0.2) is 6.10 Å². The Hall–Kier alpha value is -3.76. The van der Waals surface area contributed by atoms with Crippen LogP contribution in [0.1, 0.15) is 28.5 Å². The summed E-state index contributed by atoms with van der Waals surface area (Å²) in [4.78, 5) is 17.0. The molecule has 0 aliphatic carbocycles. The van der Waals surface area contributed by atoms with Crippen molar-refractivity contribution < 1.29 is 27.8 Å². The Morgan fingerprint density at radius 2 is 1.86 bits per heavy atom. The van der Waals surface area contributed by atoms with Crippen LogP contribution in [-0.2, 0) is 22.7 Å². The molecular weight excluding hydrogens is 482 g/mol. The molecule has 11 heteroatoms. The number of methoxy groups -OCH3 is 2. The number of pyridine rings is 1. The van der Waals surface area contributed by atoms with Gasteiger partial charge in [-0.2, -0.15) is 0 Å². The number of carbonyl (C=O) groups is 1. The van der Waals surface area contributed by atoms with Gasteiger partial charge < -0.3 is 25.3 Å². The number of nitrogens with two attached hydrogens (primary N) is 1. The van der Waals surface area contributed by atoms with Crippen molar-refractivity contribution in [3.63, 3.8) is 0 Å². The monoisotopic (exact) mass is 506 g/mol. The van der Waals surface area contributed by atoms with Crippen LogP contribution in [0.3, 0.4) is 0 Å². The van der Waals surface area contributed by atoms with Crippen molar-refractivity contribution in [3.8, 4) is 11.5 Å². The van der Waals surface area contributed by atoms with E-state index in [0.29, 0.717) is 22.6 Å². The van der Waals surface area contributed by atoms with Gasteiger partial charge in [0.25, 0.3) is 5.91 Å². The minimum absolute atomic E-state index is 0. The van der Waals surface area contributed by atoms with Crippen LogP contribution in [0.5, 0.6) is 11.5 Å². The average Bonchev–Trinajstić information content (AvgIpc) is 2.84. The van der Waals surface area contributed by atoms with E-state index in [1.165, 1.54) is 14.2 Å². The third-order valence-corrected chi connectivity index (χ3v) is 4.96. The molecule has 0 radical (unpaired) electrons. The summed E-state index contributed by atoms with van der Waals surface area (Å²) in [5, 5.41) is 10.3. The van der Waals surface area contributed by atoms with Gasteiger partial charge in [0, 0.05) is 43.1 Å². The van der Waals surface area contributed by atoms with Crippen LogP contribution in [0.4, 0.5) is 8.78 Å². The molecule has 0 aliphatic heterocycles. The molecular formula is C24H25ClF2N4O4. The van der Waals surface area contributed by atoms with E-state index in [2.05, 4.69) is 10.3 Å². The largest absolute Gasteiger partial charge is 0.497 e. The molecule has 0 saturated heterocycles. The van der Waals surface area contributed by atoms with Crippen molar-refractivity contribution in [1.29, 1.82) is 5.41 Å². The number of nitrogens with one attached hydrogen (secondary N) is 2. The standard InChI is InChI=1S/C24H24F2N4O4.ClH/c1-32-17-10-18(25)21(19(26)11-17)22(33-2)24(31)30-12-15-7-6-14(23(27)28)9-20(15)34-13-16-5-3-4-8-29-16;/h3-11,22H,12-13H2,1-2H3,(H3,27,28)(H,30,31);1H. The minimum Gasteiger partial charge on any atom is -0.497 e. The Labute approximate surface area is 207 Å². The molecule has 1 aromatic heterocycles. The minimum atomic E-state index is -1.53. The van der Waals surface area contributed by atoms with Gasteiger partial charge in [-0.25, -0.2) is 8.78 Å². The quantitative estimate of drug-likeness (QED) is 0.285. The summed E-state index contributed by atoms with van der Waals surface area (Å²) in [6.45, 7) is 0.111. The van der Waals surface area contributed by atoms with E-state index >= 15 is 0 Å². The molecule has 3 aromatic rings. The maximum Gasteiger partial charge on any atom is 0.254 e. The first-order valence-corrected chi connectivity index (χ1v) is 10.2. The molecule has 1 heterocycles. The van der Waals surface area contributed by atoms with Crippen LogP contribution < -0.4 is 20.5 Å². The second-order valence-corrected chi connectivity index (χ2v) is 7.18. The van der Waals surface area contributed by atoms with E-state index in [9.17, 15) is 13.6 Å². The highest BCUT2D eigenvalue weighted by molar-refractivity contribution is 5.95. The van der Waals surface area contributed by atoms with Crippen LogP contribution in [0, 0.1) is 17.0 Å². The Kier molecular flexibility index (Phi) is 9.92. The van der Waals surface area contributed by atoms with Gasteiger partial charge in [-0.15, -0.1) is 12.4 Å². The van der Waals surface area contributed by atoms with Gasteiger partial charge in [-0.1, -0.05) is 18.2 Å². The molecule has 0 fully saturated rings. The summed E-state index contributed by atoms with van der Waals surface area (Å²) in [5.41, 5.74) is 6.72. The van der Waals surface area contributed by atoms with E-state index in [4.69, 9.17) is 25.4 Å². The van der Waals surface area contributed by atoms with E-state index < -0.39 is 29.2 Å². The Morgan fingerprint density at radius 3 is 2.43 bits per heavy atom. The molecule has 3 rings (SSSR count). The van der Waals surface area contributed by atoms with Crippen LogP contribution in [-0.4, -0.2) is 30.9 Å². The smallest absolute Gasteiger partial charge is 0.254 e. The lowest BCUT2D eigenvalue weighted by atomic mass is 10.1. The van der Waals surface area contributed by atoms with Gasteiger partial charge in [-0.05, 0) is 18.2 Å². The molecule has 0 spiro atoms. The number of carbonyl (C=O) groups excluding carboxylic acids is 1. The highest BCUT2D eigenvalue weighted by Crippen LogP contribution is 2.28. The van der Waals surface area contributed by atoms with Crippen molar-refractivity contribution in [2.45, 2.75) is 19.3 Å². The van der Waals surface area contributed by atoms with E-state index in [1.54, 1.807) is 36.5 Å². The van der Waals surface area contributed by atoms with E-state index in [1.807, 2.05) is 6.07 Å². The van der Waals surface area contributed by atoms with Crippen molar-refractivity contribution >= 4 is 24.1 Å². The number of rotatable bonds is 10. The van der Waals surface area contributed by atoms with Crippen LogP contribution in [0.15, 0.2) is 54.7 Å². The van der Waals surface area contributed by atoms with E-state index in [0.717, 1.165) is 12.1 Å². The molecule has 1 amide bonds. The molecule has 8 nitrogen and oxygen atoms in total. The third kappa shape index (κ3) is 6.87. The van der Waals surface area contributed by atoms with Gasteiger partial charge in [0.2, 0.25) is 0 Å². The number of aromatic nitrogens is 1. The molecule has 0 aliphatic rings. The fraction of sp³-hybridized carbons (Fsp3) is 0.208. The SMILES string of the molecule is COc1cc(F)c(C(OC)C(=O)NCc2ccc(C(=N)N)cc2OCc2ccccn2)c(F)c1.Cl. The molecule has 186 valence electrons. The second-order valence-electron chi connectivity index (χ2n) is 7.18. The normalized spacial score (nSPS) is 11.2. The number of hydrogen-bond acceptors (Lipinski definition) is 6. The summed E-state index contributed by atoms with van der Waals surface area (Å²) in [7, 11) is 2.45. The maximum absolute atomic E-state index is 14.5. The fourth-order valence-electron chi connectivity index (χ4n) is 3.20. The van der Waals surface area contributed by atoms with Crippen molar-refractivity contribution in [2.24, 2.45) is 5.73 Å². The number of halogens is 3. The Balaban J connectivity index is 0.00000432. The Bertz CT molecular complexity index is 1160. The summed E-state index contributed by atoms with van der Waals surface area (Å²) in [6, 6.07) is 12.2. The number of amidine groups is 1. The first kappa shape index (κ1) is 27.5. The van der Waals surface area contributed by atoms with E-state index in [-0.39, 0.29) is 37.1 Å². The van der Waals surface area contributed by atoms with Crippen LogP contribution >= 0.6 is 12.4 Å². The van der Waals surface area contributed by atoms with Crippen LogP contribution in [0.2, 0.25) is 0 Å². The highest BCUT2D eigenvalue weighted by atomic mass is 35.5. The Morgan fingerprint density at radius 1 is 1.14 bits per heavy atom. The summed E-state index contributed by atoms with van der Waals surface area (Å²) in [5.74, 6) is -2.49. The van der Waals surface area contributed by atoms with Crippen molar-refractivity contribution in [1.82, 2.24) is 10.3 Å². The van der Waals surface area contributed by atoms with Gasteiger partial charge in [0.1, 0.15) is 35.6 Å². The zero-order valence-corrected chi connectivity index (χ0v) is 19.8. The maximum atomic E-state index is 14.5. The zero-order valence-electron chi connectivity index (χ0n) is 19.0. The topological polar surface area (TPSA) is 120 Å². The molecule has 0 bridgehead atoms. The summed E-state index contributed by atoms with van der Waals surface area (Å²) in [6.07, 6.45) is 0.106. The number of ether oxygens (including phenoxy) is 3. The lowest BCUT2D eigenvalue weighted by Crippen LogP contribution is -2.31. The third-order valence-electron chi connectivity index (χ3n) is 4.96. The zero-order chi connectivity index (χ0) is 24.7. The predicted molar refractivity (Wildman–Crippen MR) is 128 cm³/mol. The van der Waals surface area contributed by atoms with Gasteiger partial charge >= 0.3 is 0 Å². The molecule has 0 saturated carbocycles. The summed E-state index contributed by atoms with van der Waals surface area (Å²) < 4.78 is 44.7. The lowest BCUT2D eigenvalue weighted by Gasteiger charge is -2.19.